The molecule has 4 nitrogen and oxygen atoms in total. The highest BCUT2D eigenvalue weighted by Crippen LogP contribution is 2.19. The van der Waals surface area contributed by atoms with E-state index in [1.165, 1.54) is 5.56 Å². The minimum absolute atomic E-state index is 0.131. The summed E-state index contributed by atoms with van der Waals surface area (Å²) in [7, 11) is 0. The van der Waals surface area contributed by atoms with Crippen molar-refractivity contribution in [1.29, 1.82) is 0 Å². The summed E-state index contributed by atoms with van der Waals surface area (Å²) in [5.41, 5.74) is 9.45. The van der Waals surface area contributed by atoms with E-state index < -0.39 is 0 Å². The number of nitrogens with two attached hydrogens (primary N) is 1. The van der Waals surface area contributed by atoms with Crippen LogP contribution in [0.2, 0.25) is 0 Å². The standard InChI is InChI=1S/C16H16N4/c17-14(10-12-4-2-1-3-5-12)16-19-11-15(20-16)13-6-8-18-9-7-13/h1-9,11,14H,10,17H2,(H,19,20). The van der Waals surface area contributed by atoms with Crippen LogP contribution in [0.1, 0.15) is 17.4 Å². The van der Waals surface area contributed by atoms with Gasteiger partial charge in [-0.1, -0.05) is 30.3 Å². The minimum Gasteiger partial charge on any atom is -0.341 e. The van der Waals surface area contributed by atoms with Gasteiger partial charge in [-0.25, -0.2) is 4.98 Å². The topological polar surface area (TPSA) is 67.6 Å². The lowest BCUT2D eigenvalue weighted by Gasteiger charge is -2.08. The maximum absolute atomic E-state index is 6.21. The van der Waals surface area contributed by atoms with Crippen molar-refractivity contribution >= 4 is 0 Å². The van der Waals surface area contributed by atoms with Gasteiger partial charge in [0.2, 0.25) is 0 Å². The number of aromatic amines is 1. The fraction of sp³-hybridized carbons (Fsp3) is 0.125. The number of hydrogen-bond acceptors (Lipinski definition) is 3. The first kappa shape index (κ1) is 12.6. The van der Waals surface area contributed by atoms with Crippen molar-refractivity contribution in [3.05, 3.63) is 72.4 Å². The van der Waals surface area contributed by atoms with Gasteiger partial charge in [-0.05, 0) is 24.1 Å². The van der Waals surface area contributed by atoms with Crippen LogP contribution in [-0.4, -0.2) is 15.0 Å². The lowest BCUT2D eigenvalue weighted by atomic mass is 10.1. The fourth-order valence-corrected chi connectivity index (χ4v) is 2.17. The molecule has 0 saturated carbocycles. The molecule has 4 heteroatoms. The summed E-state index contributed by atoms with van der Waals surface area (Å²) < 4.78 is 0. The number of nitrogens with one attached hydrogen (secondary N) is 1. The molecule has 0 radical (unpaired) electrons. The average molecular weight is 264 g/mol. The van der Waals surface area contributed by atoms with Crippen LogP contribution in [0.5, 0.6) is 0 Å². The summed E-state index contributed by atoms with van der Waals surface area (Å²) in [6.45, 7) is 0. The van der Waals surface area contributed by atoms with Gasteiger partial charge in [0, 0.05) is 18.0 Å². The second-order valence-corrected chi connectivity index (χ2v) is 4.71. The van der Waals surface area contributed by atoms with Crippen LogP contribution in [0.3, 0.4) is 0 Å². The van der Waals surface area contributed by atoms with E-state index in [0.29, 0.717) is 0 Å². The number of nitrogens with zero attached hydrogens (tertiary/aromatic N) is 2. The summed E-state index contributed by atoms with van der Waals surface area (Å²) in [6.07, 6.45) is 6.11. The van der Waals surface area contributed by atoms with E-state index in [1.54, 1.807) is 12.4 Å². The molecule has 0 aliphatic heterocycles. The number of benzene rings is 1. The number of H-pyrrole nitrogens is 1. The zero-order valence-corrected chi connectivity index (χ0v) is 11.0. The SMILES string of the molecule is NC(Cc1ccccc1)c1ncc(-c2ccncc2)[nH]1. The lowest BCUT2D eigenvalue weighted by Crippen LogP contribution is -2.14. The summed E-state index contributed by atoms with van der Waals surface area (Å²) in [4.78, 5) is 11.7. The van der Waals surface area contributed by atoms with Crippen molar-refractivity contribution in [2.45, 2.75) is 12.5 Å². The molecular formula is C16H16N4. The van der Waals surface area contributed by atoms with Crippen molar-refractivity contribution < 1.29 is 0 Å². The Labute approximate surface area is 117 Å². The maximum Gasteiger partial charge on any atom is 0.123 e. The van der Waals surface area contributed by atoms with Crippen molar-refractivity contribution in [3.63, 3.8) is 0 Å². The lowest BCUT2D eigenvalue weighted by molar-refractivity contribution is 0.678. The molecule has 0 bridgehead atoms. The minimum atomic E-state index is -0.131. The summed E-state index contributed by atoms with van der Waals surface area (Å²) in [5, 5.41) is 0. The molecule has 1 aromatic carbocycles. The van der Waals surface area contributed by atoms with Crippen molar-refractivity contribution in [3.8, 4) is 11.3 Å². The van der Waals surface area contributed by atoms with Crippen LogP contribution in [0.25, 0.3) is 11.3 Å². The van der Waals surface area contributed by atoms with Crippen LogP contribution in [0, 0.1) is 0 Å². The number of rotatable bonds is 4. The van der Waals surface area contributed by atoms with Gasteiger partial charge < -0.3 is 10.7 Å². The second-order valence-electron chi connectivity index (χ2n) is 4.71. The Hall–Kier alpha value is -2.46. The Balaban J connectivity index is 1.77. The quantitative estimate of drug-likeness (QED) is 0.761. The Morgan fingerprint density at radius 2 is 1.80 bits per heavy atom. The third-order valence-corrected chi connectivity index (χ3v) is 3.24. The van der Waals surface area contributed by atoms with Crippen LogP contribution in [0.15, 0.2) is 61.1 Å². The number of pyridine rings is 1. The molecule has 0 aliphatic carbocycles. The average Bonchev–Trinajstić information content (AvgIpc) is 2.99. The fourth-order valence-electron chi connectivity index (χ4n) is 2.17. The van der Waals surface area contributed by atoms with Gasteiger partial charge in [0.05, 0.1) is 17.9 Å². The summed E-state index contributed by atoms with van der Waals surface area (Å²) in [6, 6.07) is 14.0. The molecule has 0 spiro atoms. The Morgan fingerprint density at radius 1 is 1.05 bits per heavy atom. The van der Waals surface area contributed by atoms with E-state index >= 15 is 0 Å². The van der Waals surface area contributed by atoms with Gasteiger partial charge >= 0.3 is 0 Å². The zero-order valence-electron chi connectivity index (χ0n) is 11.0. The smallest absolute Gasteiger partial charge is 0.123 e. The molecule has 3 aromatic rings. The molecule has 1 atom stereocenters. The van der Waals surface area contributed by atoms with Gasteiger partial charge in [0.25, 0.3) is 0 Å². The van der Waals surface area contributed by atoms with E-state index in [-0.39, 0.29) is 6.04 Å². The zero-order chi connectivity index (χ0) is 13.8. The van der Waals surface area contributed by atoms with Gasteiger partial charge in [0.1, 0.15) is 5.82 Å². The summed E-state index contributed by atoms with van der Waals surface area (Å²) in [5.74, 6) is 0.806. The van der Waals surface area contributed by atoms with E-state index in [0.717, 1.165) is 23.5 Å². The summed E-state index contributed by atoms with van der Waals surface area (Å²) >= 11 is 0. The number of hydrogen-bond donors (Lipinski definition) is 2. The second kappa shape index (κ2) is 5.67. The van der Waals surface area contributed by atoms with E-state index in [2.05, 4.69) is 27.1 Å². The third-order valence-electron chi connectivity index (χ3n) is 3.24. The van der Waals surface area contributed by atoms with Gasteiger partial charge in [-0.15, -0.1) is 0 Å². The predicted molar refractivity (Wildman–Crippen MR) is 78.9 cm³/mol. The monoisotopic (exact) mass is 264 g/mol. The highest BCUT2D eigenvalue weighted by Gasteiger charge is 2.11. The van der Waals surface area contributed by atoms with Crippen molar-refractivity contribution in [1.82, 2.24) is 15.0 Å². The molecule has 2 heterocycles. The van der Waals surface area contributed by atoms with Gasteiger partial charge in [-0.2, -0.15) is 0 Å². The van der Waals surface area contributed by atoms with Crippen LogP contribution >= 0.6 is 0 Å². The molecule has 0 aliphatic rings. The third kappa shape index (κ3) is 2.75. The van der Waals surface area contributed by atoms with Crippen LogP contribution in [-0.2, 0) is 6.42 Å². The van der Waals surface area contributed by atoms with E-state index in [9.17, 15) is 0 Å². The van der Waals surface area contributed by atoms with E-state index in [4.69, 9.17) is 5.73 Å². The molecule has 0 amide bonds. The molecule has 0 fully saturated rings. The van der Waals surface area contributed by atoms with Crippen molar-refractivity contribution in [2.75, 3.05) is 0 Å². The van der Waals surface area contributed by atoms with Crippen molar-refractivity contribution in [2.24, 2.45) is 5.73 Å². The highest BCUT2D eigenvalue weighted by atomic mass is 15.0. The number of imidazole rings is 1. The molecule has 100 valence electrons. The Kier molecular flexibility index (Phi) is 3.56. The molecule has 3 N–H and O–H groups in total. The molecular weight excluding hydrogens is 248 g/mol. The van der Waals surface area contributed by atoms with Crippen LogP contribution < -0.4 is 5.73 Å². The van der Waals surface area contributed by atoms with Gasteiger partial charge in [-0.3, -0.25) is 4.98 Å². The first-order valence-corrected chi connectivity index (χ1v) is 6.58. The Bertz CT molecular complexity index is 661. The Morgan fingerprint density at radius 3 is 2.55 bits per heavy atom. The molecule has 1 unspecified atom stereocenters. The maximum atomic E-state index is 6.21. The molecule has 0 saturated heterocycles. The molecule has 2 aromatic heterocycles. The first-order chi connectivity index (χ1) is 9.83. The normalized spacial score (nSPS) is 12.2. The first-order valence-electron chi connectivity index (χ1n) is 6.58. The molecule has 20 heavy (non-hydrogen) atoms. The van der Waals surface area contributed by atoms with E-state index in [1.807, 2.05) is 36.5 Å². The predicted octanol–water partition coefficient (Wildman–Crippen LogP) is 2.71. The largest absolute Gasteiger partial charge is 0.341 e. The number of aromatic nitrogens is 3. The molecule has 3 rings (SSSR count). The highest BCUT2D eigenvalue weighted by molar-refractivity contribution is 5.57. The van der Waals surface area contributed by atoms with Gasteiger partial charge in [0.15, 0.2) is 0 Å². The van der Waals surface area contributed by atoms with Crippen LogP contribution in [0.4, 0.5) is 0 Å².